The van der Waals surface area contributed by atoms with E-state index in [9.17, 15) is 4.79 Å². The van der Waals surface area contributed by atoms with E-state index >= 15 is 0 Å². The van der Waals surface area contributed by atoms with Crippen molar-refractivity contribution in [2.75, 3.05) is 19.8 Å². The molecule has 1 aliphatic carbocycles. The molecule has 3 atom stereocenters. The molecule has 0 aromatic carbocycles. The minimum Gasteiger partial charge on any atom is -0.380 e. The first-order valence-electron chi connectivity index (χ1n) is 8.62. The normalized spacial score (nSPS) is 39.7. The lowest BCUT2D eigenvalue weighted by Gasteiger charge is -2.53. The summed E-state index contributed by atoms with van der Waals surface area (Å²) in [5, 5.41) is 9.16. The molecule has 0 spiro atoms. The van der Waals surface area contributed by atoms with Gasteiger partial charge in [0, 0.05) is 13.0 Å². The molecule has 2 aliphatic heterocycles. The molecule has 22 heavy (non-hydrogen) atoms. The van der Waals surface area contributed by atoms with Crippen LogP contribution in [-0.2, 0) is 9.53 Å². The number of hydrogen-bond donors (Lipinski definition) is 0. The first-order valence-corrected chi connectivity index (χ1v) is 8.62. The highest BCUT2D eigenvalue weighted by Gasteiger charge is 2.62. The maximum atomic E-state index is 12.6. The van der Waals surface area contributed by atoms with Crippen LogP contribution in [0, 0.1) is 27.6 Å². The first kappa shape index (κ1) is 15.8. The average Bonchev–Trinajstić information content (AvgIpc) is 2.96. The molecule has 0 radical (unpaired) electrons. The van der Waals surface area contributed by atoms with Gasteiger partial charge >= 0.3 is 0 Å². The molecule has 3 aliphatic rings. The molecular weight excluding hydrogens is 276 g/mol. The van der Waals surface area contributed by atoms with Crippen LogP contribution in [0.3, 0.4) is 0 Å². The number of carbonyl (C=O) groups excluding carboxylic acids is 1. The zero-order valence-electron chi connectivity index (χ0n) is 14.2. The molecule has 0 aromatic heterocycles. The van der Waals surface area contributed by atoms with Gasteiger partial charge in [-0.1, -0.05) is 20.8 Å². The van der Waals surface area contributed by atoms with Gasteiger partial charge < -0.3 is 9.64 Å². The van der Waals surface area contributed by atoms with E-state index < -0.39 is 0 Å². The van der Waals surface area contributed by atoms with Gasteiger partial charge in [0.1, 0.15) is 6.04 Å². The Hall–Kier alpha value is -1.08. The van der Waals surface area contributed by atoms with Gasteiger partial charge in [-0.25, -0.2) is 0 Å². The van der Waals surface area contributed by atoms with Gasteiger partial charge in [-0.05, 0) is 48.3 Å². The van der Waals surface area contributed by atoms with Crippen LogP contribution in [0.15, 0.2) is 0 Å². The van der Waals surface area contributed by atoms with Gasteiger partial charge in [0.2, 0.25) is 5.91 Å². The molecule has 1 saturated carbocycles. The number of amides is 1. The summed E-state index contributed by atoms with van der Waals surface area (Å²) < 4.78 is 5.92. The van der Waals surface area contributed by atoms with Crippen LogP contribution in [0.1, 0.15) is 59.3 Å². The van der Waals surface area contributed by atoms with Crippen molar-refractivity contribution in [2.45, 2.75) is 65.3 Å². The molecule has 4 nitrogen and oxygen atoms in total. The smallest absolute Gasteiger partial charge is 0.223 e. The number of carbonyl (C=O) groups is 1. The Bertz CT molecular complexity index is 510. The van der Waals surface area contributed by atoms with Gasteiger partial charge in [-0.3, -0.25) is 4.79 Å². The Morgan fingerprint density at radius 2 is 2.09 bits per heavy atom. The zero-order chi connectivity index (χ0) is 16.0. The third-order valence-corrected chi connectivity index (χ3v) is 7.33. The highest BCUT2D eigenvalue weighted by Crippen LogP contribution is 2.66. The van der Waals surface area contributed by atoms with E-state index in [0.717, 1.165) is 45.4 Å². The van der Waals surface area contributed by atoms with E-state index in [1.165, 1.54) is 6.42 Å². The molecule has 4 heteroatoms. The van der Waals surface area contributed by atoms with Gasteiger partial charge in [0.25, 0.3) is 0 Å². The van der Waals surface area contributed by atoms with E-state index in [1.54, 1.807) is 4.90 Å². The van der Waals surface area contributed by atoms with Crippen molar-refractivity contribution in [3.63, 3.8) is 0 Å². The lowest BCUT2D eigenvalue weighted by Crippen LogP contribution is -2.51. The number of hydrogen-bond acceptors (Lipinski definition) is 3. The van der Waals surface area contributed by atoms with Gasteiger partial charge in [0.15, 0.2) is 0 Å². The van der Waals surface area contributed by atoms with Crippen molar-refractivity contribution in [1.29, 1.82) is 5.26 Å². The number of fused-ring (bicyclic) bond motifs is 2. The van der Waals surface area contributed by atoms with Crippen molar-refractivity contribution < 1.29 is 9.53 Å². The van der Waals surface area contributed by atoms with E-state index in [2.05, 4.69) is 26.8 Å². The molecule has 3 rings (SSSR count). The van der Waals surface area contributed by atoms with Crippen LogP contribution in [0.25, 0.3) is 0 Å². The predicted octanol–water partition coefficient (Wildman–Crippen LogP) is 3.12. The standard InChI is InChI=1S/C18H28N2O2/c1-16(2)17(3)8-9-18(16,13-22-12-17)7-6-15(21)20-10-4-5-14(20)11-19/h14H,4-10,12-13H2,1-3H3/t14-,17-,18+/m0/s1. The van der Waals surface area contributed by atoms with Crippen LogP contribution in [0.4, 0.5) is 0 Å². The minimum atomic E-state index is -0.200. The number of likely N-dealkylation sites (tertiary alicyclic amines) is 1. The molecule has 3 fully saturated rings. The summed E-state index contributed by atoms with van der Waals surface area (Å²) in [6.07, 6.45) is 5.59. The Morgan fingerprint density at radius 1 is 1.32 bits per heavy atom. The van der Waals surface area contributed by atoms with Crippen LogP contribution in [0.2, 0.25) is 0 Å². The maximum Gasteiger partial charge on any atom is 0.223 e. The largest absolute Gasteiger partial charge is 0.380 e. The molecule has 2 saturated heterocycles. The summed E-state index contributed by atoms with van der Waals surface area (Å²) in [5.41, 5.74) is 0.562. The first-order chi connectivity index (χ1) is 10.4. The molecule has 0 unspecified atom stereocenters. The third kappa shape index (κ3) is 2.09. The van der Waals surface area contributed by atoms with Crippen molar-refractivity contribution in [3.8, 4) is 6.07 Å². The second-order valence-corrected chi connectivity index (χ2v) is 8.33. The molecule has 0 N–H and O–H groups in total. The summed E-state index contributed by atoms with van der Waals surface area (Å²) >= 11 is 0. The maximum absolute atomic E-state index is 12.6. The van der Waals surface area contributed by atoms with E-state index in [0.29, 0.717) is 6.42 Å². The number of nitriles is 1. The fraction of sp³-hybridized carbons (Fsp3) is 0.889. The molecule has 0 aromatic rings. The summed E-state index contributed by atoms with van der Waals surface area (Å²) in [6.45, 7) is 9.44. The van der Waals surface area contributed by atoms with Crippen molar-refractivity contribution >= 4 is 5.91 Å². The number of nitrogens with zero attached hydrogens (tertiary/aromatic N) is 2. The average molecular weight is 304 g/mol. The van der Waals surface area contributed by atoms with E-state index in [4.69, 9.17) is 10.00 Å². The third-order valence-electron chi connectivity index (χ3n) is 7.33. The van der Waals surface area contributed by atoms with Gasteiger partial charge in [-0.15, -0.1) is 0 Å². The lowest BCUT2D eigenvalue weighted by atomic mass is 9.56. The quantitative estimate of drug-likeness (QED) is 0.805. The van der Waals surface area contributed by atoms with Crippen molar-refractivity contribution in [3.05, 3.63) is 0 Å². The minimum absolute atomic E-state index is 0.123. The number of rotatable bonds is 3. The van der Waals surface area contributed by atoms with Crippen LogP contribution >= 0.6 is 0 Å². The Kier molecular flexibility index (Phi) is 3.76. The van der Waals surface area contributed by atoms with E-state index in [1.807, 2.05) is 0 Å². The van der Waals surface area contributed by atoms with Crippen LogP contribution in [-0.4, -0.2) is 36.6 Å². The fourth-order valence-electron chi connectivity index (χ4n) is 4.96. The highest BCUT2D eigenvalue weighted by atomic mass is 16.5. The zero-order valence-corrected chi connectivity index (χ0v) is 14.2. The monoisotopic (exact) mass is 304 g/mol. The predicted molar refractivity (Wildman–Crippen MR) is 84.0 cm³/mol. The molecule has 122 valence electrons. The Morgan fingerprint density at radius 3 is 2.82 bits per heavy atom. The number of ether oxygens (including phenoxy) is 1. The SMILES string of the molecule is CC1(C)[C@@]2(C)CC[C@]1(CCC(=O)N1CCC[C@H]1C#N)COC2. The van der Waals surface area contributed by atoms with Crippen molar-refractivity contribution in [1.82, 2.24) is 4.90 Å². The molecule has 2 heterocycles. The summed E-state index contributed by atoms with van der Waals surface area (Å²) in [4.78, 5) is 14.3. The second kappa shape index (κ2) is 5.23. The summed E-state index contributed by atoms with van der Waals surface area (Å²) in [5.74, 6) is 0.161. The molecule has 1 amide bonds. The van der Waals surface area contributed by atoms with Gasteiger partial charge in [-0.2, -0.15) is 5.26 Å². The Labute approximate surface area is 133 Å². The Balaban J connectivity index is 1.69. The topological polar surface area (TPSA) is 53.3 Å². The second-order valence-electron chi connectivity index (χ2n) is 8.33. The van der Waals surface area contributed by atoms with E-state index in [-0.39, 0.29) is 28.2 Å². The van der Waals surface area contributed by atoms with Gasteiger partial charge in [0.05, 0.1) is 19.3 Å². The van der Waals surface area contributed by atoms with Crippen molar-refractivity contribution in [2.24, 2.45) is 16.2 Å². The highest BCUT2D eigenvalue weighted by molar-refractivity contribution is 5.77. The fourth-order valence-corrected chi connectivity index (χ4v) is 4.96. The summed E-state index contributed by atoms with van der Waals surface area (Å²) in [6, 6.07) is 2.07. The van der Waals surface area contributed by atoms with Crippen LogP contribution in [0.5, 0.6) is 0 Å². The molecular formula is C18H28N2O2. The molecule has 2 bridgehead atoms. The summed E-state index contributed by atoms with van der Waals surface area (Å²) in [7, 11) is 0. The lowest BCUT2D eigenvalue weighted by molar-refractivity contribution is -0.149. The van der Waals surface area contributed by atoms with Crippen LogP contribution < -0.4 is 0 Å².